The first kappa shape index (κ1) is 27.4. The second kappa shape index (κ2) is 11.2. The Morgan fingerprint density at radius 1 is 0.952 bits per heavy atom. The van der Waals surface area contributed by atoms with E-state index in [0.29, 0.717) is 20.6 Å². The van der Waals surface area contributed by atoms with Crippen molar-refractivity contribution in [2.75, 3.05) is 6.61 Å². The predicted octanol–water partition coefficient (Wildman–Crippen LogP) is 5.27. The molecular formula is C34H30N4O3S. The van der Waals surface area contributed by atoms with Crippen LogP contribution in [0, 0.1) is 13.8 Å². The summed E-state index contributed by atoms with van der Waals surface area (Å²) >= 11 is 1.31. The average Bonchev–Trinajstić information content (AvgIpc) is 3.54. The van der Waals surface area contributed by atoms with Crippen LogP contribution in [0.3, 0.4) is 0 Å². The first-order chi connectivity index (χ1) is 20.3. The minimum absolute atomic E-state index is 0.221. The van der Waals surface area contributed by atoms with E-state index in [0.717, 1.165) is 39.2 Å². The van der Waals surface area contributed by atoms with Gasteiger partial charge in [0.1, 0.15) is 0 Å². The molecule has 0 amide bonds. The van der Waals surface area contributed by atoms with Crippen LogP contribution in [-0.2, 0) is 9.53 Å². The fraction of sp³-hybridized carbons (Fsp3) is 0.176. The van der Waals surface area contributed by atoms with Crippen molar-refractivity contribution in [1.29, 1.82) is 0 Å². The number of aryl methyl sites for hydroxylation is 2. The average molecular weight is 575 g/mol. The number of nitrogens with zero attached hydrogens (tertiary/aromatic N) is 4. The van der Waals surface area contributed by atoms with Gasteiger partial charge in [-0.05, 0) is 51.5 Å². The number of rotatable bonds is 6. The number of para-hydroxylation sites is 1. The highest BCUT2D eigenvalue weighted by molar-refractivity contribution is 7.07. The molecular weight excluding hydrogens is 544 g/mol. The fourth-order valence-corrected chi connectivity index (χ4v) is 6.18. The lowest BCUT2D eigenvalue weighted by atomic mass is 9.95. The number of fused-ring (bicyclic) bond motifs is 1. The van der Waals surface area contributed by atoms with Gasteiger partial charge in [0.25, 0.3) is 5.56 Å². The summed E-state index contributed by atoms with van der Waals surface area (Å²) in [5.41, 5.74) is 7.20. The zero-order valence-electron chi connectivity index (χ0n) is 23.9. The van der Waals surface area contributed by atoms with Crippen LogP contribution < -0.4 is 14.9 Å². The molecule has 0 radical (unpaired) electrons. The third kappa shape index (κ3) is 5.05. The standard InChI is InChI=1S/C34H30N4O3S/c1-5-41-33(40)29-23(4)35-34-38(31(29)25-17-13-22(3)14-18-25)32(39)28(42-34)19-26-20-37(27-9-7-6-8-10-27)36-30(26)24-15-11-21(2)12-16-24/h6-20,31H,5H2,1-4H3/b28-19+. The highest BCUT2D eigenvalue weighted by Gasteiger charge is 2.33. The second-order valence-corrected chi connectivity index (χ2v) is 11.3. The Morgan fingerprint density at radius 3 is 2.29 bits per heavy atom. The Labute approximate surface area is 247 Å². The summed E-state index contributed by atoms with van der Waals surface area (Å²) < 4.78 is 9.37. The molecule has 2 aromatic heterocycles. The molecule has 0 bridgehead atoms. The van der Waals surface area contributed by atoms with Crippen LogP contribution in [0.2, 0.25) is 0 Å². The topological polar surface area (TPSA) is 78.5 Å². The molecule has 0 aliphatic carbocycles. The van der Waals surface area contributed by atoms with Gasteiger partial charge in [0.05, 0.1) is 39.8 Å². The Hall–Kier alpha value is -4.82. The summed E-state index contributed by atoms with van der Waals surface area (Å²) in [5.74, 6) is -0.468. The Morgan fingerprint density at radius 2 is 1.62 bits per heavy atom. The lowest BCUT2D eigenvalue weighted by Gasteiger charge is -2.24. The van der Waals surface area contributed by atoms with Gasteiger partial charge < -0.3 is 4.74 Å². The third-order valence-corrected chi connectivity index (χ3v) is 8.27. The second-order valence-electron chi connectivity index (χ2n) is 10.3. The molecule has 0 saturated heterocycles. The van der Waals surface area contributed by atoms with E-state index in [4.69, 9.17) is 14.8 Å². The van der Waals surface area contributed by atoms with E-state index in [1.807, 2.05) is 97.5 Å². The van der Waals surface area contributed by atoms with Gasteiger partial charge in [0.15, 0.2) is 4.80 Å². The van der Waals surface area contributed by atoms with E-state index in [9.17, 15) is 9.59 Å². The van der Waals surface area contributed by atoms with Crippen LogP contribution in [0.15, 0.2) is 106 Å². The highest BCUT2D eigenvalue weighted by atomic mass is 32.1. The molecule has 3 aromatic carbocycles. The molecule has 1 aliphatic heterocycles. The molecule has 42 heavy (non-hydrogen) atoms. The maximum atomic E-state index is 14.2. The van der Waals surface area contributed by atoms with Crippen LogP contribution in [0.4, 0.5) is 0 Å². The Balaban J connectivity index is 1.56. The number of hydrogen-bond donors (Lipinski definition) is 0. The normalized spacial score (nSPS) is 15.0. The Kier molecular flexibility index (Phi) is 7.31. The van der Waals surface area contributed by atoms with Crippen molar-refractivity contribution in [3.63, 3.8) is 0 Å². The van der Waals surface area contributed by atoms with Crippen molar-refractivity contribution in [1.82, 2.24) is 14.3 Å². The van der Waals surface area contributed by atoms with Crippen LogP contribution in [-0.4, -0.2) is 26.9 Å². The van der Waals surface area contributed by atoms with Gasteiger partial charge in [-0.2, -0.15) is 5.10 Å². The van der Waals surface area contributed by atoms with Crippen LogP contribution in [0.1, 0.15) is 42.1 Å². The fourth-order valence-electron chi connectivity index (χ4n) is 5.14. The van der Waals surface area contributed by atoms with Gasteiger partial charge in [0.2, 0.25) is 0 Å². The zero-order valence-corrected chi connectivity index (χ0v) is 24.7. The SMILES string of the molecule is CCOC(=O)C1=C(C)N=c2s/c(=C/c3cn(-c4ccccc4)nc3-c3ccc(C)cc3)c(=O)n2C1c1ccc(C)cc1. The van der Waals surface area contributed by atoms with E-state index in [1.165, 1.54) is 11.3 Å². The van der Waals surface area contributed by atoms with Gasteiger partial charge >= 0.3 is 5.97 Å². The number of aromatic nitrogens is 3. The van der Waals surface area contributed by atoms with Crippen molar-refractivity contribution in [3.05, 3.63) is 138 Å². The quantitative estimate of drug-likeness (QED) is 0.259. The first-order valence-electron chi connectivity index (χ1n) is 13.8. The highest BCUT2D eigenvalue weighted by Crippen LogP contribution is 2.31. The van der Waals surface area contributed by atoms with Crippen LogP contribution >= 0.6 is 11.3 Å². The molecule has 7 nitrogen and oxygen atoms in total. The zero-order chi connectivity index (χ0) is 29.4. The number of ether oxygens (including phenoxy) is 1. The molecule has 8 heteroatoms. The van der Waals surface area contributed by atoms with Crippen LogP contribution in [0.5, 0.6) is 0 Å². The van der Waals surface area contributed by atoms with Crippen molar-refractivity contribution in [2.24, 2.45) is 4.99 Å². The van der Waals surface area contributed by atoms with Gasteiger partial charge in [-0.25, -0.2) is 14.5 Å². The monoisotopic (exact) mass is 574 g/mol. The molecule has 1 aliphatic rings. The lowest BCUT2D eigenvalue weighted by Crippen LogP contribution is -2.39. The summed E-state index contributed by atoms with van der Waals surface area (Å²) in [6.45, 7) is 7.85. The molecule has 0 fully saturated rings. The molecule has 210 valence electrons. The van der Waals surface area contributed by atoms with Crippen molar-refractivity contribution in [3.8, 4) is 16.9 Å². The van der Waals surface area contributed by atoms with Crippen molar-refractivity contribution in [2.45, 2.75) is 33.7 Å². The molecule has 5 aromatic rings. The molecule has 0 spiro atoms. The number of hydrogen-bond acceptors (Lipinski definition) is 6. The van der Waals surface area contributed by atoms with Gasteiger partial charge in [-0.3, -0.25) is 9.36 Å². The molecule has 0 N–H and O–H groups in total. The number of thiazole rings is 1. The third-order valence-electron chi connectivity index (χ3n) is 7.28. The number of benzene rings is 3. The molecule has 0 saturated carbocycles. The summed E-state index contributed by atoms with van der Waals surface area (Å²) in [7, 11) is 0. The summed E-state index contributed by atoms with van der Waals surface area (Å²) in [6.07, 6.45) is 3.82. The van der Waals surface area contributed by atoms with Gasteiger partial charge in [-0.15, -0.1) is 0 Å². The maximum Gasteiger partial charge on any atom is 0.338 e. The van der Waals surface area contributed by atoms with E-state index in [1.54, 1.807) is 18.4 Å². The minimum Gasteiger partial charge on any atom is -0.463 e. The van der Waals surface area contributed by atoms with Crippen molar-refractivity contribution < 1.29 is 9.53 Å². The number of allylic oxidation sites excluding steroid dienone is 1. The minimum atomic E-state index is -0.647. The lowest BCUT2D eigenvalue weighted by molar-refractivity contribution is -0.139. The summed E-state index contributed by atoms with van der Waals surface area (Å²) in [6, 6.07) is 25.3. The molecule has 1 atom stereocenters. The Bertz CT molecular complexity index is 2000. The predicted molar refractivity (Wildman–Crippen MR) is 165 cm³/mol. The smallest absolute Gasteiger partial charge is 0.338 e. The molecule has 1 unspecified atom stereocenters. The van der Waals surface area contributed by atoms with Gasteiger partial charge in [-0.1, -0.05) is 89.2 Å². The summed E-state index contributed by atoms with van der Waals surface area (Å²) in [5, 5.41) is 4.91. The largest absolute Gasteiger partial charge is 0.463 e. The van der Waals surface area contributed by atoms with Gasteiger partial charge in [0, 0.05) is 17.3 Å². The number of carbonyl (C=O) groups is 1. The van der Waals surface area contributed by atoms with E-state index >= 15 is 0 Å². The van der Waals surface area contributed by atoms with E-state index in [2.05, 4.69) is 12.1 Å². The van der Waals surface area contributed by atoms with E-state index < -0.39 is 12.0 Å². The maximum absolute atomic E-state index is 14.2. The summed E-state index contributed by atoms with van der Waals surface area (Å²) in [4.78, 5) is 32.6. The first-order valence-corrected chi connectivity index (χ1v) is 14.6. The van der Waals surface area contributed by atoms with Crippen molar-refractivity contribution >= 4 is 23.4 Å². The van der Waals surface area contributed by atoms with E-state index in [-0.39, 0.29) is 12.2 Å². The molecule has 3 heterocycles. The molecule has 6 rings (SSSR count). The number of carbonyl (C=O) groups excluding carboxylic acids is 1. The van der Waals surface area contributed by atoms with Crippen LogP contribution in [0.25, 0.3) is 23.0 Å². The number of esters is 1.